The zero-order chi connectivity index (χ0) is 15.4. The number of rotatable bonds is 10. The molecule has 1 atom stereocenters. The Morgan fingerprint density at radius 3 is 2.35 bits per heavy atom. The van der Waals surface area contributed by atoms with Gasteiger partial charge in [0.1, 0.15) is 0 Å². The van der Waals surface area contributed by atoms with Gasteiger partial charge in [-0.1, -0.05) is 38.5 Å². The van der Waals surface area contributed by atoms with Crippen molar-refractivity contribution in [3.63, 3.8) is 0 Å². The van der Waals surface area contributed by atoms with E-state index in [2.05, 4.69) is 19.9 Å². The first-order chi connectivity index (χ1) is 9.47. The lowest BCUT2D eigenvalue weighted by molar-refractivity contribution is -0.141. The number of allylic oxidation sites excluding steroid dienone is 3. The van der Waals surface area contributed by atoms with E-state index in [0.29, 0.717) is 12.0 Å². The van der Waals surface area contributed by atoms with Crippen molar-refractivity contribution in [2.75, 3.05) is 7.11 Å². The van der Waals surface area contributed by atoms with Crippen molar-refractivity contribution in [2.45, 2.75) is 65.6 Å². The summed E-state index contributed by atoms with van der Waals surface area (Å²) >= 11 is 0. The van der Waals surface area contributed by atoms with Crippen molar-refractivity contribution in [3.8, 4) is 0 Å². The van der Waals surface area contributed by atoms with Crippen LogP contribution in [-0.2, 0) is 14.3 Å². The maximum Gasteiger partial charge on any atom is 0.330 e. The van der Waals surface area contributed by atoms with Crippen molar-refractivity contribution in [1.82, 2.24) is 0 Å². The van der Waals surface area contributed by atoms with Crippen molar-refractivity contribution in [3.05, 3.63) is 24.3 Å². The Labute approximate surface area is 124 Å². The predicted octanol–water partition coefficient (Wildman–Crippen LogP) is 4.28. The highest BCUT2D eigenvalue weighted by atomic mass is 16.5. The summed E-state index contributed by atoms with van der Waals surface area (Å²) in [6.45, 7) is 8.06. The van der Waals surface area contributed by atoms with Crippen LogP contribution >= 0.6 is 0 Å². The fraction of sp³-hybridized carbons (Fsp3) is 0.706. The zero-order valence-electron chi connectivity index (χ0n) is 13.6. The van der Waals surface area contributed by atoms with Gasteiger partial charge < -0.3 is 9.47 Å². The highest BCUT2D eigenvalue weighted by molar-refractivity contribution is 5.82. The Morgan fingerprint density at radius 1 is 1.10 bits per heavy atom. The predicted molar refractivity (Wildman–Crippen MR) is 83.6 cm³/mol. The molecule has 0 fully saturated rings. The lowest BCUT2D eigenvalue weighted by atomic mass is 10.0. The van der Waals surface area contributed by atoms with E-state index in [1.54, 1.807) is 13.2 Å². The summed E-state index contributed by atoms with van der Waals surface area (Å²) in [7, 11) is 1.78. The van der Waals surface area contributed by atoms with E-state index in [-0.39, 0.29) is 12.1 Å². The van der Waals surface area contributed by atoms with Crippen LogP contribution in [0.15, 0.2) is 24.3 Å². The molecule has 0 rings (SSSR count). The van der Waals surface area contributed by atoms with Crippen LogP contribution in [0, 0.1) is 5.92 Å². The number of ether oxygens (including phenoxy) is 2. The molecule has 0 aliphatic carbocycles. The molecule has 0 saturated carbocycles. The molecule has 0 aliphatic heterocycles. The van der Waals surface area contributed by atoms with Gasteiger partial charge >= 0.3 is 5.97 Å². The lowest BCUT2D eigenvalue weighted by Gasteiger charge is -2.18. The summed E-state index contributed by atoms with van der Waals surface area (Å²) in [6, 6.07) is 0. The summed E-state index contributed by atoms with van der Waals surface area (Å²) in [5.41, 5.74) is 0. The zero-order valence-corrected chi connectivity index (χ0v) is 13.6. The number of carbonyl (C=O) groups is 1. The second-order valence-electron chi connectivity index (χ2n) is 5.58. The van der Waals surface area contributed by atoms with Gasteiger partial charge in [-0.3, -0.25) is 0 Å². The van der Waals surface area contributed by atoms with E-state index in [0.717, 1.165) is 19.3 Å². The molecule has 0 heterocycles. The van der Waals surface area contributed by atoms with Gasteiger partial charge in [-0.2, -0.15) is 0 Å². The number of methoxy groups -OCH3 is 1. The molecule has 0 bridgehead atoms. The summed E-state index contributed by atoms with van der Waals surface area (Å²) < 4.78 is 10.4. The first-order valence-corrected chi connectivity index (χ1v) is 7.54. The average Bonchev–Trinajstić information content (AvgIpc) is 2.35. The van der Waals surface area contributed by atoms with Gasteiger partial charge in [0.05, 0.1) is 12.2 Å². The van der Waals surface area contributed by atoms with Crippen LogP contribution in [0.25, 0.3) is 0 Å². The van der Waals surface area contributed by atoms with Crippen LogP contribution in [0.2, 0.25) is 0 Å². The lowest BCUT2D eigenvalue weighted by Crippen LogP contribution is -2.17. The molecule has 20 heavy (non-hydrogen) atoms. The smallest absolute Gasteiger partial charge is 0.330 e. The largest absolute Gasteiger partial charge is 0.460 e. The van der Waals surface area contributed by atoms with Crippen molar-refractivity contribution in [2.24, 2.45) is 5.92 Å². The Morgan fingerprint density at radius 2 is 1.80 bits per heavy atom. The average molecular weight is 282 g/mol. The van der Waals surface area contributed by atoms with Crippen LogP contribution in [0.5, 0.6) is 0 Å². The van der Waals surface area contributed by atoms with E-state index >= 15 is 0 Å². The molecule has 0 aromatic heterocycles. The molecule has 0 radical (unpaired) electrons. The minimum atomic E-state index is -0.287. The normalized spacial score (nSPS) is 13.8. The van der Waals surface area contributed by atoms with E-state index in [9.17, 15) is 4.79 Å². The molecule has 0 aromatic rings. The van der Waals surface area contributed by atoms with Gasteiger partial charge in [-0.25, -0.2) is 4.79 Å². The summed E-state index contributed by atoms with van der Waals surface area (Å²) in [5.74, 6) is 0.287. The molecule has 3 nitrogen and oxygen atoms in total. The van der Waals surface area contributed by atoms with Crippen molar-refractivity contribution >= 4 is 5.97 Å². The molecule has 0 amide bonds. The van der Waals surface area contributed by atoms with Gasteiger partial charge in [-0.05, 0) is 39.0 Å². The first-order valence-electron chi connectivity index (χ1n) is 7.54. The first kappa shape index (κ1) is 18.9. The van der Waals surface area contributed by atoms with Gasteiger partial charge in [0.15, 0.2) is 0 Å². The van der Waals surface area contributed by atoms with E-state index in [1.807, 2.05) is 19.9 Å². The minimum absolute atomic E-state index is 0.0641. The number of unbranched alkanes of at least 4 members (excludes halogenated alkanes) is 2. The molecule has 3 heteroatoms. The number of esters is 1. The molecular weight excluding hydrogens is 252 g/mol. The second-order valence-corrected chi connectivity index (χ2v) is 5.58. The van der Waals surface area contributed by atoms with Gasteiger partial charge in [0.25, 0.3) is 0 Å². The maximum absolute atomic E-state index is 11.2. The van der Waals surface area contributed by atoms with E-state index in [4.69, 9.17) is 9.47 Å². The SMILES string of the molecule is COC(CCCC/C=C/C=C/C(=O)OC(C)C)C(C)C. The standard InChI is InChI=1S/C17H30O3/c1-14(2)16(19-5)12-10-8-6-7-9-11-13-17(18)20-15(3)4/h7,9,11,13-16H,6,8,10,12H2,1-5H3/b9-7+,13-11+. The fourth-order valence-electron chi connectivity index (χ4n) is 1.91. The molecule has 0 N–H and O–H groups in total. The Balaban J connectivity index is 3.67. The van der Waals surface area contributed by atoms with Crippen LogP contribution in [0.3, 0.4) is 0 Å². The van der Waals surface area contributed by atoms with E-state index in [1.165, 1.54) is 12.5 Å². The summed E-state index contributed by atoms with van der Waals surface area (Å²) in [4.78, 5) is 11.2. The number of carbonyl (C=O) groups excluding carboxylic acids is 1. The van der Waals surface area contributed by atoms with Crippen LogP contribution < -0.4 is 0 Å². The molecular formula is C17H30O3. The molecule has 0 aromatic carbocycles. The van der Waals surface area contributed by atoms with Crippen LogP contribution in [0.1, 0.15) is 53.4 Å². The quantitative estimate of drug-likeness (QED) is 0.260. The Hall–Kier alpha value is -1.09. The fourth-order valence-corrected chi connectivity index (χ4v) is 1.91. The number of hydrogen-bond acceptors (Lipinski definition) is 3. The Bertz CT molecular complexity index is 303. The van der Waals surface area contributed by atoms with Gasteiger partial charge in [0, 0.05) is 13.2 Å². The summed E-state index contributed by atoms with van der Waals surface area (Å²) in [5, 5.41) is 0. The van der Waals surface area contributed by atoms with Crippen molar-refractivity contribution in [1.29, 1.82) is 0 Å². The number of hydrogen-bond donors (Lipinski definition) is 0. The van der Waals surface area contributed by atoms with Crippen LogP contribution in [-0.4, -0.2) is 25.3 Å². The maximum atomic E-state index is 11.2. The summed E-state index contributed by atoms with van der Waals surface area (Å²) in [6.07, 6.45) is 11.9. The second kappa shape index (κ2) is 11.7. The highest BCUT2D eigenvalue weighted by Crippen LogP contribution is 2.14. The van der Waals surface area contributed by atoms with E-state index < -0.39 is 0 Å². The Kier molecular flexibility index (Phi) is 11.1. The monoisotopic (exact) mass is 282 g/mol. The molecule has 0 aliphatic rings. The molecule has 116 valence electrons. The van der Waals surface area contributed by atoms with Crippen molar-refractivity contribution < 1.29 is 14.3 Å². The van der Waals surface area contributed by atoms with Crippen LogP contribution in [0.4, 0.5) is 0 Å². The third-order valence-electron chi connectivity index (χ3n) is 2.99. The highest BCUT2D eigenvalue weighted by Gasteiger charge is 2.10. The molecule has 1 unspecified atom stereocenters. The van der Waals surface area contributed by atoms with Gasteiger partial charge in [-0.15, -0.1) is 0 Å². The third kappa shape index (κ3) is 10.8. The molecule has 0 saturated heterocycles. The molecule has 0 spiro atoms. The topological polar surface area (TPSA) is 35.5 Å². The third-order valence-corrected chi connectivity index (χ3v) is 2.99. The minimum Gasteiger partial charge on any atom is -0.460 e. The van der Waals surface area contributed by atoms with Gasteiger partial charge in [0.2, 0.25) is 0 Å².